The van der Waals surface area contributed by atoms with E-state index in [1.165, 1.54) is 12.5 Å². The van der Waals surface area contributed by atoms with Gasteiger partial charge in [-0.3, -0.25) is 0 Å². The molecule has 6 saturated heterocycles. The molecule has 31 nitrogen and oxygen atoms in total. The number of carboxylic acids is 1. The molecule has 3 saturated carbocycles. The van der Waals surface area contributed by atoms with Crippen LogP contribution in [-0.4, -0.2) is 315 Å². The van der Waals surface area contributed by atoms with Crippen LogP contribution in [0.4, 0.5) is 0 Å². The Balaban J connectivity index is 0.794. The van der Waals surface area contributed by atoms with Gasteiger partial charge in [0.05, 0.1) is 45.2 Å². The Morgan fingerprint density at radius 3 is 1.75 bits per heavy atom. The zero-order chi connectivity index (χ0) is 70.0. The molecule has 96 heavy (non-hydrogen) atoms. The van der Waals surface area contributed by atoms with Crippen LogP contribution in [0.2, 0.25) is 0 Å². The molecule has 0 aromatic carbocycles. The molecule has 5 aliphatic carbocycles. The third-order valence-electron chi connectivity index (χ3n) is 24.8. The molecule has 0 spiro atoms. The summed E-state index contributed by atoms with van der Waals surface area (Å²) in [6, 6.07) is 0. The number of carbonyl (C=O) groups is 1. The molecule has 18 N–H and O–H groups in total. The summed E-state index contributed by atoms with van der Waals surface area (Å²) in [5, 5.41) is 199. The van der Waals surface area contributed by atoms with Crippen molar-refractivity contribution in [3.63, 3.8) is 0 Å². The van der Waals surface area contributed by atoms with Crippen LogP contribution in [0.5, 0.6) is 0 Å². The van der Waals surface area contributed by atoms with Gasteiger partial charge < -0.3 is 149 Å². The van der Waals surface area contributed by atoms with Crippen molar-refractivity contribution in [3.05, 3.63) is 23.8 Å². The molecule has 0 bridgehead atoms. The van der Waals surface area contributed by atoms with Crippen LogP contribution in [-0.2, 0) is 61.6 Å². The molecule has 38 atom stereocenters. The first kappa shape index (κ1) is 75.0. The number of hydrogen-bond donors (Lipinski definition) is 18. The first-order valence-electron chi connectivity index (χ1n) is 33.8. The van der Waals surface area contributed by atoms with E-state index in [0.717, 1.165) is 38.5 Å². The lowest BCUT2D eigenvalue weighted by molar-refractivity contribution is -0.402. The summed E-state index contributed by atoms with van der Waals surface area (Å²) >= 11 is 0. The van der Waals surface area contributed by atoms with Crippen molar-refractivity contribution in [2.45, 2.75) is 291 Å². The van der Waals surface area contributed by atoms with Crippen LogP contribution in [0.15, 0.2) is 23.8 Å². The van der Waals surface area contributed by atoms with E-state index in [-0.39, 0.29) is 45.5 Å². The highest BCUT2D eigenvalue weighted by Crippen LogP contribution is 2.74. The Kier molecular flexibility index (Phi) is 21.9. The predicted octanol–water partition coefficient (Wildman–Crippen LogP) is -4.38. The number of hydrogen-bond acceptors (Lipinski definition) is 30. The Labute approximate surface area is 555 Å². The van der Waals surface area contributed by atoms with Crippen molar-refractivity contribution in [3.8, 4) is 0 Å². The van der Waals surface area contributed by atoms with Crippen molar-refractivity contribution in [1.29, 1.82) is 0 Å². The summed E-state index contributed by atoms with van der Waals surface area (Å²) in [6.07, 6.45) is -42.5. The molecule has 0 aromatic rings. The normalized spacial score (nSPS) is 55.0. The van der Waals surface area contributed by atoms with Gasteiger partial charge in [0.2, 0.25) is 0 Å². The fourth-order valence-electron chi connectivity index (χ4n) is 18.5. The van der Waals surface area contributed by atoms with E-state index in [1.54, 1.807) is 0 Å². The zero-order valence-corrected chi connectivity index (χ0v) is 55.3. The monoisotopic (exact) mass is 1380 g/mol. The lowest BCUT2D eigenvalue weighted by Crippen LogP contribution is -2.68. The van der Waals surface area contributed by atoms with Crippen molar-refractivity contribution in [1.82, 2.24) is 0 Å². The number of aliphatic hydroxyl groups is 17. The van der Waals surface area contributed by atoms with Crippen molar-refractivity contribution < 1.29 is 154 Å². The molecule has 6 heterocycles. The molecule has 0 amide bonds. The van der Waals surface area contributed by atoms with Gasteiger partial charge in [-0.05, 0) is 97.7 Å². The molecule has 550 valence electrons. The largest absolute Gasteiger partial charge is 0.479 e. The minimum atomic E-state index is -2.30. The van der Waals surface area contributed by atoms with Gasteiger partial charge >= 0.3 is 5.97 Å². The number of rotatable bonds is 17. The molecule has 0 unspecified atom stereocenters. The Morgan fingerprint density at radius 1 is 0.521 bits per heavy atom. The van der Waals surface area contributed by atoms with Crippen LogP contribution >= 0.6 is 0 Å². The van der Waals surface area contributed by atoms with E-state index >= 15 is 0 Å². The number of ether oxygens (including phenoxy) is 12. The quantitative estimate of drug-likeness (QED) is 0.0483. The fourth-order valence-corrected chi connectivity index (χ4v) is 18.5. The maximum atomic E-state index is 13.0. The Morgan fingerprint density at radius 2 is 1.09 bits per heavy atom. The second-order valence-corrected chi connectivity index (χ2v) is 31.1. The molecule has 11 rings (SSSR count). The highest BCUT2D eigenvalue weighted by molar-refractivity contribution is 5.73. The Bertz CT molecular complexity index is 2740. The van der Waals surface area contributed by atoms with E-state index in [2.05, 4.69) is 59.8 Å². The summed E-state index contributed by atoms with van der Waals surface area (Å²) in [7, 11) is 0. The van der Waals surface area contributed by atoms with Crippen molar-refractivity contribution >= 4 is 5.97 Å². The van der Waals surface area contributed by atoms with Gasteiger partial charge in [-0.2, -0.15) is 0 Å². The summed E-state index contributed by atoms with van der Waals surface area (Å²) < 4.78 is 70.9. The fraction of sp³-hybridized carbons (Fsp3) is 0.923. The minimum absolute atomic E-state index is 0.0764. The lowest BCUT2D eigenvalue weighted by Gasteiger charge is -2.70. The molecule has 31 heteroatoms. The predicted molar refractivity (Wildman–Crippen MR) is 321 cm³/mol. The Hall–Kier alpha value is -2.21. The van der Waals surface area contributed by atoms with Crippen LogP contribution in [0.1, 0.15) is 107 Å². The smallest absolute Gasteiger partial charge is 0.335 e. The summed E-state index contributed by atoms with van der Waals surface area (Å²) in [5.41, 5.74) is 0.187. The third kappa shape index (κ3) is 12.9. The topological polar surface area (TPSA) is 492 Å². The van der Waals surface area contributed by atoms with E-state index in [4.69, 9.17) is 56.8 Å². The summed E-state index contributed by atoms with van der Waals surface area (Å²) in [5.74, 6) is -1.19. The number of fused-ring (bicyclic) bond motifs is 7. The molecule has 11 aliphatic rings. The highest BCUT2D eigenvalue weighted by atomic mass is 16.8. The van der Waals surface area contributed by atoms with Gasteiger partial charge in [0.15, 0.2) is 43.8 Å². The van der Waals surface area contributed by atoms with Gasteiger partial charge in [0.25, 0.3) is 0 Å². The maximum absolute atomic E-state index is 13.0. The first-order valence-corrected chi connectivity index (χ1v) is 33.8. The number of aliphatic hydroxyl groups excluding tert-OH is 17. The first-order chi connectivity index (χ1) is 45.0. The molecular weight excluding hydrogens is 1280 g/mol. The van der Waals surface area contributed by atoms with Gasteiger partial charge in [0, 0.05) is 10.8 Å². The van der Waals surface area contributed by atoms with E-state index in [9.17, 15) is 96.7 Å². The summed E-state index contributed by atoms with van der Waals surface area (Å²) in [6.45, 7) is 13.8. The van der Waals surface area contributed by atoms with Crippen LogP contribution in [0.3, 0.4) is 0 Å². The van der Waals surface area contributed by atoms with Crippen molar-refractivity contribution in [2.24, 2.45) is 50.2 Å². The van der Waals surface area contributed by atoms with E-state index in [0.29, 0.717) is 18.8 Å². The SMILES string of the molecule is C[C@@H]1O[C@@H](OC[C@H]2O[C@@H](O[C@@H]3[C@H](O)[C@@H](O)[C@H](O[C@H]4[C@H](O[C@@H]5[C@@H](O)[C@H](O[C@H]6CC[C@@]7(C)[C@H](CC[C@]8(C)[C@@H]7CC=C7[C@@H]9CC(C)(C)CC[C@]9(C)C=C[C@]78C)[C@]6(C)CO)O[C@H](C(=O)O)[C@H]5O)OC[C@H](O)[C@@H]4O)O[C@@H]3CO)[C@H](O[C@@H]3O[C@H](CO)[C@H](O)[C@H](O)[C@H]3O)[C@@H](O)[C@@H]2O)[C@H](O)[C@H](O)[C@H]1O. The second kappa shape index (κ2) is 28.1. The second-order valence-electron chi connectivity index (χ2n) is 31.1. The molecule has 9 fully saturated rings. The molecule has 0 aromatic heterocycles. The zero-order valence-electron chi connectivity index (χ0n) is 55.3. The van der Waals surface area contributed by atoms with Gasteiger partial charge in [-0.15, -0.1) is 0 Å². The van der Waals surface area contributed by atoms with Crippen molar-refractivity contribution in [2.75, 3.05) is 33.0 Å². The van der Waals surface area contributed by atoms with Crippen LogP contribution < -0.4 is 0 Å². The maximum Gasteiger partial charge on any atom is 0.335 e. The van der Waals surface area contributed by atoms with Crippen LogP contribution in [0, 0.1) is 50.2 Å². The average molecular weight is 1380 g/mol. The minimum Gasteiger partial charge on any atom is -0.479 e. The third-order valence-corrected chi connectivity index (χ3v) is 24.8. The summed E-state index contributed by atoms with van der Waals surface area (Å²) in [4.78, 5) is 13.0. The number of aliphatic carboxylic acids is 1. The van der Waals surface area contributed by atoms with Gasteiger partial charge in [-0.1, -0.05) is 72.3 Å². The van der Waals surface area contributed by atoms with E-state index < -0.39 is 222 Å². The van der Waals surface area contributed by atoms with Crippen LogP contribution in [0.25, 0.3) is 0 Å². The number of carboxylic acid groups (broad SMARTS) is 1. The number of allylic oxidation sites excluding steroid dienone is 4. The van der Waals surface area contributed by atoms with Gasteiger partial charge in [-0.25, -0.2) is 4.79 Å². The molecule has 6 aliphatic heterocycles. The molecular formula is C65H104O31. The van der Waals surface area contributed by atoms with Gasteiger partial charge in [0.1, 0.15) is 128 Å². The molecule has 0 radical (unpaired) electrons. The van der Waals surface area contributed by atoms with E-state index in [1.807, 2.05) is 6.92 Å². The lowest BCUT2D eigenvalue weighted by atomic mass is 9.34. The average Bonchev–Trinajstić information content (AvgIpc) is 0.677. The standard InChI is InChI=1S/C65H104O31/c1-25-35(70)39(74)43(78)54(87-25)86-23-31-38(73)41(76)52(96-55-44(79)40(75)37(72)29(20-66)88-55)59(90-31)92-48-30(21-67)89-56(45(80)42(48)77)95-51-36(71)28(69)22-85-58(51)93-49-46(81)50(53(83)84)94-57(47(49)82)91-34-12-13-62(5)32(63(34,6)24-68)11-14-65(8)33(62)10-9-26-27-19-60(2,3)15-16-61(27,4)17-18-64(26,65)7/h9,17-18,25,27-52,54-59,66-82H,10-16,19-24H2,1-8H3,(H,83,84)/t25-,27-,28-,29+,30+,31+,32-,33+,34-,35-,36-,37-,38+,39+,40-,41-,42+,43+,44+,45+,46-,47+,48-,49-,50-,51+,52+,54+,55-,56-,57+,58-,59-,61+,62-,63-,64+,65+/m0/s1. The highest BCUT2D eigenvalue weighted by Gasteiger charge is 2.69.